The Labute approximate surface area is 123 Å². The molecule has 2 rings (SSSR count). The van der Waals surface area contributed by atoms with Crippen LogP contribution in [0.4, 0.5) is 5.69 Å². The molecule has 0 saturated carbocycles. The van der Waals surface area contributed by atoms with Crippen LogP contribution in [0.1, 0.15) is 10.4 Å². The first-order valence-corrected chi connectivity index (χ1v) is 6.76. The first-order valence-electron chi connectivity index (χ1n) is 5.88. The SMILES string of the molecule is O=C(Cc1cccs1)N/N=C\c1cc([N+](=O)[O-])ccc1O. The summed E-state index contributed by atoms with van der Waals surface area (Å²) in [6.07, 6.45) is 1.37. The van der Waals surface area contributed by atoms with Gasteiger partial charge in [0.25, 0.3) is 5.69 Å². The molecule has 1 aromatic carbocycles. The Morgan fingerprint density at radius 2 is 2.29 bits per heavy atom. The topological polar surface area (TPSA) is 105 Å². The first kappa shape index (κ1) is 14.7. The number of phenolic OH excluding ortho intramolecular Hbond substituents is 1. The molecule has 0 saturated heterocycles. The van der Waals surface area contributed by atoms with E-state index in [1.807, 2.05) is 17.5 Å². The van der Waals surface area contributed by atoms with Crippen molar-refractivity contribution < 1.29 is 14.8 Å². The predicted octanol–water partition coefficient (Wildman–Crippen LogP) is 2.05. The number of amides is 1. The highest BCUT2D eigenvalue weighted by atomic mass is 32.1. The monoisotopic (exact) mass is 305 g/mol. The Morgan fingerprint density at radius 3 is 2.95 bits per heavy atom. The number of nitrogens with one attached hydrogen (secondary N) is 1. The Morgan fingerprint density at radius 1 is 1.48 bits per heavy atom. The van der Waals surface area contributed by atoms with Crippen LogP contribution in [0, 0.1) is 10.1 Å². The van der Waals surface area contributed by atoms with E-state index < -0.39 is 4.92 Å². The van der Waals surface area contributed by atoms with Crippen molar-refractivity contribution in [2.45, 2.75) is 6.42 Å². The number of benzene rings is 1. The first-order chi connectivity index (χ1) is 10.1. The van der Waals surface area contributed by atoms with Gasteiger partial charge < -0.3 is 5.11 Å². The fourth-order valence-corrected chi connectivity index (χ4v) is 2.25. The number of aromatic hydroxyl groups is 1. The quantitative estimate of drug-likeness (QED) is 0.501. The molecule has 0 aliphatic heterocycles. The zero-order valence-corrected chi connectivity index (χ0v) is 11.5. The second-order valence-corrected chi connectivity index (χ2v) is 5.08. The van der Waals surface area contributed by atoms with Crippen molar-refractivity contribution in [2.24, 2.45) is 5.10 Å². The van der Waals surface area contributed by atoms with E-state index in [4.69, 9.17) is 0 Å². The van der Waals surface area contributed by atoms with Crippen LogP contribution in [0.25, 0.3) is 0 Å². The van der Waals surface area contributed by atoms with E-state index in [1.54, 1.807) is 0 Å². The van der Waals surface area contributed by atoms with Gasteiger partial charge in [-0.25, -0.2) is 5.43 Å². The van der Waals surface area contributed by atoms with Gasteiger partial charge in [0.2, 0.25) is 5.91 Å². The smallest absolute Gasteiger partial charge is 0.270 e. The number of nitro benzene ring substituents is 1. The summed E-state index contributed by atoms with van der Waals surface area (Å²) >= 11 is 1.46. The van der Waals surface area contributed by atoms with Crippen molar-refractivity contribution in [3.63, 3.8) is 0 Å². The van der Waals surface area contributed by atoms with Crippen molar-refractivity contribution in [1.29, 1.82) is 0 Å². The fraction of sp³-hybridized carbons (Fsp3) is 0.0769. The van der Waals surface area contributed by atoms with Gasteiger partial charge in [-0.05, 0) is 17.5 Å². The van der Waals surface area contributed by atoms with Gasteiger partial charge in [0.05, 0.1) is 17.6 Å². The number of nitro groups is 1. The number of phenols is 1. The highest BCUT2D eigenvalue weighted by Gasteiger charge is 2.09. The highest BCUT2D eigenvalue weighted by Crippen LogP contribution is 2.21. The molecule has 1 heterocycles. The van der Waals surface area contributed by atoms with Gasteiger partial charge in [-0.3, -0.25) is 14.9 Å². The molecule has 0 radical (unpaired) electrons. The van der Waals surface area contributed by atoms with E-state index in [9.17, 15) is 20.0 Å². The molecule has 21 heavy (non-hydrogen) atoms. The Kier molecular flexibility index (Phi) is 4.62. The van der Waals surface area contributed by atoms with Crippen LogP contribution >= 0.6 is 11.3 Å². The minimum Gasteiger partial charge on any atom is -0.507 e. The second-order valence-electron chi connectivity index (χ2n) is 4.05. The molecule has 2 N–H and O–H groups in total. The average Bonchev–Trinajstić information content (AvgIpc) is 2.93. The molecule has 7 nitrogen and oxygen atoms in total. The van der Waals surface area contributed by atoms with Crippen molar-refractivity contribution in [1.82, 2.24) is 5.43 Å². The number of rotatable bonds is 5. The lowest BCUT2D eigenvalue weighted by Gasteiger charge is -2.00. The number of nitrogens with zero attached hydrogens (tertiary/aromatic N) is 2. The summed E-state index contributed by atoms with van der Waals surface area (Å²) in [6, 6.07) is 7.23. The number of hydrogen-bond acceptors (Lipinski definition) is 6. The van der Waals surface area contributed by atoms with Crippen LogP contribution in [0.2, 0.25) is 0 Å². The van der Waals surface area contributed by atoms with Crippen molar-refractivity contribution >= 4 is 29.1 Å². The molecular formula is C13H11N3O4S. The number of hydrazone groups is 1. The van der Waals surface area contributed by atoms with Gasteiger partial charge >= 0.3 is 0 Å². The third kappa shape index (κ3) is 4.11. The zero-order valence-electron chi connectivity index (χ0n) is 10.7. The molecule has 2 aromatic rings. The summed E-state index contributed by atoms with van der Waals surface area (Å²) in [7, 11) is 0. The van der Waals surface area contributed by atoms with Crippen LogP contribution in [-0.4, -0.2) is 22.2 Å². The maximum absolute atomic E-state index is 11.6. The van der Waals surface area contributed by atoms with Crippen molar-refractivity contribution in [3.8, 4) is 5.75 Å². The summed E-state index contributed by atoms with van der Waals surface area (Å²) in [5.74, 6) is -0.463. The summed E-state index contributed by atoms with van der Waals surface area (Å²) in [5, 5.41) is 25.7. The summed E-state index contributed by atoms with van der Waals surface area (Å²) in [5.41, 5.74) is 2.29. The lowest BCUT2D eigenvalue weighted by atomic mass is 10.2. The largest absolute Gasteiger partial charge is 0.507 e. The van der Waals surface area contributed by atoms with Gasteiger partial charge in [0.15, 0.2) is 0 Å². The normalized spacial score (nSPS) is 10.7. The molecule has 1 aromatic heterocycles. The van der Waals surface area contributed by atoms with E-state index in [-0.39, 0.29) is 29.3 Å². The maximum Gasteiger partial charge on any atom is 0.270 e. The number of carbonyl (C=O) groups excluding carboxylic acids is 1. The number of hydrogen-bond donors (Lipinski definition) is 2. The third-order valence-electron chi connectivity index (χ3n) is 2.53. The number of thiophene rings is 1. The van der Waals surface area contributed by atoms with Crippen LogP contribution in [0.5, 0.6) is 5.75 Å². The lowest BCUT2D eigenvalue weighted by molar-refractivity contribution is -0.384. The Hall–Kier alpha value is -2.74. The van der Waals surface area contributed by atoms with Gasteiger partial charge in [-0.2, -0.15) is 5.10 Å². The summed E-state index contributed by atoms with van der Waals surface area (Å²) in [6.45, 7) is 0. The van der Waals surface area contributed by atoms with E-state index in [2.05, 4.69) is 10.5 Å². The zero-order chi connectivity index (χ0) is 15.2. The molecule has 0 unspecified atom stereocenters. The molecular weight excluding hydrogens is 294 g/mol. The van der Waals surface area contributed by atoms with Gasteiger partial charge in [0, 0.05) is 22.6 Å². The molecule has 0 atom stereocenters. The molecule has 0 aliphatic rings. The highest BCUT2D eigenvalue weighted by molar-refractivity contribution is 7.10. The van der Waals surface area contributed by atoms with E-state index in [1.165, 1.54) is 29.5 Å². The van der Waals surface area contributed by atoms with Crippen LogP contribution in [0.3, 0.4) is 0 Å². The van der Waals surface area contributed by atoms with E-state index in [0.29, 0.717) is 0 Å². The molecule has 0 fully saturated rings. The minimum atomic E-state index is -0.577. The van der Waals surface area contributed by atoms with Gasteiger partial charge in [0.1, 0.15) is 5.75 Å². The third-order valence-corrected chi connectivity index (χ3v) is 3.41. The Balaban J connectivity index is 1.99. The lowest BCUT2D eigenvalue weighted by Crippen LogP contribution is -2.19. The Bertz CT molecular complexity index is 683. The number of carbonyl (C=O) groups is 1. The van der Waals surface area contributed by atoms with Crippen LogP contribution in [0.15, 0.2) is 40.8 Å². The fourth-order valence-electron chi connectivity index (χ4n) is 1.54. The molecule has 0 spiro atoms. The van der Waals surface area contributed by atoms with Crippen molar-refractivity contribution in [3.05, 3.63) is 56.3 Å². The van der Waals surface area contributed by atoms with E-state index >= 15 is 0 Å². The summed E-state index contributed by atoms with van der Waals surface area (Å²) < 4.78 is 0. The van der Waals surface area contributed by atoms with Crippen LogP contribution < -0.4 is 5.43 Å². The molecule has 1 amide bonds. The average molecular weight is 305 g/mol. The number of non-ortho nitro benzene ring substituents is 1. The maximum atomic E-state index is 11.6. The molecule has 0 aliphatic carbocycles. The van der Waals surface area contributed by atoms with Gasteiger partial charge in [-0.15, -0.1) is 11.3 Å². The van der Waals surface area contributed by atoms with E-state index in [0.717, 1.165) is 11.1 Å². The minimum absolute atomic E-state index is 0.153. The molecule has 108 valence electrons. The summed E-state index contributed by atoms with van der Waals surface area (Å²) in [4.78, 5) is 22.5. The molecule has 8 heteroatoms. The van der Waals surface area contributed by atoms with Crippen LogP contribution in [-0.2, 0) is 11.2 Å². The molecule has 0 bridgehead atoms. The standard InChI is InChI=1S/C13H11N3O4S/c17-12-4-3-10(16(19)20)6-9(12)8-14-15-13(18)7-11-2-1-5-21-11/h1-6,8,17H,7H2,(H,15,18)/b14-8-. The second kappa shape index (κ2) is 6.62. The van der Waals surface area contributed by atoms with Crippen molar-refractivity contribution in [2.75, 3.05) is 0 Å². The predicted molar refractivity (Wildman–Crippen MR) is 78.5 cm³/mol. The van der Waals surface area contributed by atoms with Gasteiger partial charge in [-0.1, -0.05) is 6.07 Å².